The standard InChI is InChI=1S/C41H64O14/c1-19-36(47)28(42)15-34(50-19)54-38-21(3)52-35(17-30(38)44)55-37-20(2)51-33(16-29(37)43)53-24-8-10-39(4)23(13-24)6-7-26-27(39)14-31(45)40(5)25(9-11-41(26,40)48)22-12-32(46)49-18-22/h12,19-21,23-31,33-38,42-45,47-48H,6-11,13-18H2,1-5H3/t19-,20-,21-,23+,24+,25-,26-,27-,28+,29+,30+,31-,33+,34+,35+,36-,37-,38-,39-,40+,41-/m1/s1. The summed E-state index contributed by atoms with van der Waals surface area (Å²) in [7, 11) is 0. The highest BCUT2D eigenvalue weighted by Crippen LogP contribution is 2.70. The van der Waals surface area contributed by atoms with Crippen molar-refractivity contribution in [1.82, 2.24) is 0 Å². The van der Waals surface area contributed by atoms with E-state index >= 15 is 0 Å². The van der Waals surface area contributed by atoms with E-state index in [0.717, 1.165) is 44.1 Å². The minimum atomic E-state index is -1.01. The predicted molar refractivity (Wildman–Crippen MR) is 193 cm³/mol. The molecule has 0 aromatic heterocycles. The Bertz CT molecular complexity index is 1410. The van der Waals surface area contributed by atoms with Gasteiger partial charge in [0.1, 0.15) is 24.9 Å². The van der Waals surface area contributed by atoms with Crippen LogP contribution in [-0.2, 0) is 38.0 Å². The summed E-state index contributed by atoms with van der Waals surface area (Å²) in [6.45, 7) is 9.90. The summed E-state index contributed by atoms with van der Waals surface area (Å²) in [6, 6.07) is 0. The molecule has 0 aromatic carbocycles. The maximum atomic E-state index is 12.6. The van der Waals surface area contributed by atoms with Gasteiger partial charge in [0.15, 0.2) is 18.9 Å². The van der Waals surface area contributed by atoms with Crippen molar-refractivity contribution in [2.75, 3.05) is 6.61 Å². The first-order valence-electron chi connectivity index (χ1n) is 20.9. The molecule has 14 nitrogen and oxygen atoms in total. The zero-order valence-corrected chi connectivity index (χ0v) is 32.9. The molecule has 4 aliphatic carbocycles. The third kappa shape index (κ3) is 6.95. The molecule has 0 aromatic rings. The summed E-state index contributed by atoms with van der Waals surface area (Å²) >= 11 is 0. The summed E-state index contributed by atoms with van der Waals surface area (Å²) in [5.41, 5.74) is -0.892. The third-order valence-corrected chi connectivity index (χ3v) is 16.0. The normalized spacial score (nSPS) is 55.5. The molecule has 4 heterocycles. The number of esters is 1. The Morgan fingerprint density at radius 2 is 1.29 bits per heavy atom. The van der Waals surface area contributed by atoms with Crippen LogP contribution in [0.25, 0.3) is 0 Å². The van der Waals surface area contributed by atoms with Gasteiger partial charge in [-0.1, -0.05) is 13.8 Å². The number of fused-ring (bicyclic) bond motifs is 5. The fourth-order valence-electron chi connectivity index (χ4n) is 12.8. The fourth-order valence-corrected chi connectivity index (χ4v) is 12.8. The second-order valence-electron chi connectivity index (χ2n) is 18.8. The monoisotopic (exact) mass is 780 g/mol. The molecule has 0 unspecified atom stereocenters. The molecule has 6 N–H and O–H groups in total. The van der Waals surface area contributed by atoms with Crippen molar-refractivity contribution in [1.29, 1.82) is 0 Å². The minimum Gasteiger partial charge on any atom is -0.458 e. The molecule has 0 amide bonds. The van der Waals surface area contributed by atoms with Gasteiger partial charge in [-0.25, -0.2) is 4.79 Å². The summed E-state index contributed by atoms with van der Waals surface area (Å²) < 4.78 is 42.1. The molecular formula is C41H64O14. The van der Waals surface area contributed by atoms with Crippen LogP contribution in [0.3, 0.4) is 0 Å². The van der Waals surface area contributed by atoms with Gasteiger partial charge in [0.25, 0.3) is 0 Å². The Hall–Kier alpha value is -1.27. The van der Waals surface area contributed by atoms with Gasteiger partial charge in [-0.3, -0.25) is 0 Å². The summed E-state index contributed by atoms with van der Waals surface area (Å²) in [4.78, 5) is 11.9. The van der Waals surface area contributed by atoms with Gasteiger partial charge >= 0.3 is 5.97 Å². The second-order valence-corrected chi connectivity index (χ2v) is 18.8. The van der Waals surface area contributed by atoms with E-state index < -0.39 is 90.9 Å². The van der Waals surface area contributed by atoms with Crippen LogP contribution >= 0.6 is 0 Å². The van der Waals surface area contributed by atoms with Crippen LogP contribution in [0.1, 0.15) is 105 Å². The van der Waals surface area contributed by atoms with Gasteiger partial charge in [-0.15, -0.1) is 0 Å². The zero-order chi connectivity index (χ0) is 39.2. The number of carbonyl (C=O) groups is 1. The van der Waals surface area contributed by atoms with Gasteiger partial charge < -0.3 is 63.8 Å². The van der Waals surface area contributed by atoms with Gasteiger partial charge in [0.2, 0.25) is 0 Å². The van der Waals surface area contributed by atoms with Gasteiger partial charge in [0, 0.05) is 30.8 Å². The molecule has 21 atom stereocenters. The maximum Gasteiger partial charge on any atom is 0.331 e. The molecule has 0 bridgehead atoms. The van der Waals surface area contributed by atoms with Crippen molar-refractivity contribution in [3.63, 3.8) is 0 Å². The number of aliphatic hydroxyl groups is 6. The van der Waals surface area contributed by atoms with Gasteiger partial charge in [-0.2, -0.15) is 0 Å². The topological polar surface area (TPSA) is 203 Å². The lowest BCUT2D eigenvalue weighted by atomic mass is 9.42. The number of ether oxygens (including phenoxy) is 7. The lowest BCUT2D eigenvalue weighted by molar-refractivity contribution is -0.336. The fraction of sp³-hybridized carbons (Fsp3) is 0.927. The van der Waals surface area contributed by atoms with E-state index in [1.807, 2.05) is 13.8 Å². The van der Waals surface area contributed by atoms with Crippen molar-refractivity contribution in [2.45, 2.75) is 197 Å². The van der Waals surface area contributed by atoms with Crippen LogP contribution in [0.2, 0.25) is 0 Å². The lowest BCUT2D eigenvalue weighted by Crippen LogP contribution is -2.67. The van der Waals surface area contributed by atoms with Crippen molar-refractivity contribution >= 4 is 5.97 Å². The number of hydrogen-bond donors (Lipinski definition) is 6. The Labute approximate surface area is 323 Å². The molecule has 8 aliphatic rings. The Balaban J connectivity index is 0.837. The van der Waals surface area contributed by atoms with Crippen LogP contribution in [0.4, 0.5) is 0 Å². The molecule has 4 saturated carbocycles. The minimum absolute atomic E-state index is 0.0452. The van der Waals surface area contributed by atoms with Gasteiger partial charge in [-0.05, 0) is 107 Å². The van der Waals surface area contributed by atoms with Crippen LogP contribution < -0.4 is 0 Å². The van der Waals surface area contributed by atoms with Crippen LogP contribution in [-0.4, -0.2) is 135 Å². The smallest absolute Gasteiger partial charge is 0.331 e. The Morgan fingerprint density at radius 1 is 0.691 bits per heavy atom. The zero-order valence-electron chi connectivity index (χ0n) is 32.9. The molecule has 7 fully saturated rings. The molecule has 312 valence electrons. The van der Waals surface area contributed by atoms with Crippen molar-refractivity contribution < 1.29 is 68.6 Å². The molecule has 0 radical (unpaired) electrons. The second kappa shape index (κ2) is 15.1. The van der Waals surface area contributed by atoms with E-state index in [-0.39, 0.29) is 61.1 Å². The molecular weight excluding hydrogens is 716 g/mol. The Kier molecular flexibility index (Phi) is 11.1. The SMILES string of the molecule is C[C@H]1O[C@@H](O[C@H]2[C@@H](O)C[C@H](O[C@H]3[C@@H](O)C[C@H](O[C@H]4CC[C@]5(C)[C@@H](CC[C@@H]6[C@H]5C[C@@H](O)[C@]5(C)[C@@H](C7=CC(=O)OC7)CC[C@@]65O)C4)O[C@@H]3C)O[C@@H]2C)C[C@H](O)[C@@H]1O. The third-order valence-electron chi connectivity index (χ3n) is 16.0. The first kappa shape index (κ1) is 40.5. The number of rotatable bonds is 7. The highest BCUT2D eigenvalue weighted by Gasteiger charge is 2.71. The first-order chi connectivity index (χ1) is 26.0. The number of aliphatic hydroxyl groups excluding tert-OH is 5. The van der Waals surface area contributed by atoms with Crippen LogP contribution in [0.5, 0.6) is 0 Å². The van der Waals surface area contributed by atoms with Gasteiger partial charge in [0.05, 0.1) is 54.4 Å². The lowest BCUT2D eigenvalue weighted by Gasteiger charge is -2.65. The summed E-state index contributed by atoms with van der Waals surface area (Å²) in [5, 5.41) is 66.9. The van der Waals surface area contributed by atoms with Crippen molar-refractivity contribution in [3.8, 4) is 0 Å². The Morgan fingerprint density at radius 3 is 1.87 bits per heavy atom. The van der Waals surface area contributed by atoms with E-state index in [0.29, 0.717) is 18.8 Å². The number of hydrogen-bond acceptors (Lipinski definition) is 14. The summed E-state index contributed by atoms with van der Waals surface area (Å²) in [6.07, 6.45) is -1.51. The van der Waals surface area contributed by atoms with Crippen LogP contribution in [0.15, 0.2) is 11.6 Å². The van der Waals surface area contributed by atoms with E-state index in [4.69, 9.17) is 33.2 Å². The molecule has 55 heavy (non-hydrogen) atoms. The average Bonchev–Trinajstić information content (AvgIpc) is 3.67. The summed E-state index contributed by atoms with van der Waals surface area (Å²) in [5.74, 6) is 0.204. The quantitative estimate of drug-likeness (QED) is 0.162. The number of cyclic esters (lactones) is 1. The first-order valence-corrected chi connectivity index (χ1v) is 20.9. The number of carbonyl (C=O) groups excluding carboxylic acids is 1. The van der Waals surface area contributed by atoms with E-state index in [1.165, 1.54) is 0 Å². The molecule has 4 aliphatic heterocycles. The highest BCUT2D eigenvalue weighted by atomic mass is 16.7. The van der Waals surface area contributed by atoms with Crippen LogP contribution in [0, 0.1) is 34.5 Å². The largest absolute Gasteiger partial charge is 0.458 e. The predicted octanol–water partition coefficient (Wildman–Crippen LogP) is 2.22. The maximum absolute atomic E-state index is 12.6. The average molecular weight is 781 g/mol. The van der Waals surface area contributed by atoms with E-state index in [1.54, 1.807) is 19.9 Å². The molecule has 0 spiro atoms. The highest BCUT2D eigenvalue weighted by molar-refractivity contribution is 5.85. The molecule has 8 rings (SSSR count). The van der Waals surface area contributed by atoms with E-state index in [9.17, 15) is 35.4 Å². The van der Waals surface area contributed by atoms with Crippen molar-refractivity contribution in [2.24, 2.45) is 34.5 Å². The van der Waals surface area contributed by atoms with E-state index in [2.05, 4.69) is 6.92 Å². The molecule has 3 saturated heterocycles. The van der Waals surface area contributed by atoms with Crippen molar-refractivity contribution in [3.05, 3.63) is 11.6 Å². The molecule has 14 heteroatoms.